The summed E-state index contributed by atoms with van der Waals surface area (Å²) in [6, 6.07) is 1.35. The van der Waals surface area contributed by atoms with E-state index in [2.05, 4.69) is 4.98 Å². The zero-order valence-electron chi connectivity index (χ0n) is 7.98. The van der Waals surface area contributed by atoms with Crippen LogP contribution in [0, 0.1) is 0 Å². The Bertz CT molecular complexity index is 372. The monoisotopic (exact) mass is 247 g/mol. The van der Waals surface area contributed by atoms with Gasteiger partial charge in [-0.25, -0.2) is 9.78 Å². The molecule has 1 unspecified atom stereocenters. The van der Waals surface area contributed by atoms with Crippen LogP contribution in [-0.2, 0) is 0 Å². The molecule has 0 saturated carbocycles. The van der Waals surface area contributed by atoms with Crippen molar-refractivity contribution in [2.24, 2.45) is 0 Å². The van der Waals surface area contributed by atoms with E-state index in [1.165, 1.54) is 24.0 Å². The average molecular weight is 248 g/mol. The summed E-state index contributed by atoms with van der Waals surface area (Å²) in [5, 5.41) is 18.3. The molecule has 82 valence electrons. The van der Waals surface area contributed by atoms with Crippen LogP contribution in [0.15, 0.2) is 17.3 Å². The Morgan fingerprint density at radius 2 is 2.40 bits per heavy atom. The lowest BCUT2D eigenvalue weighted by Gasteiger charge is -2.08. The highest BCUT2D eigenvalue weighted by Crippen LogP contribution is 2.28. The summed E-state index contributed by atoms with van der Waals surface area (Å²) in [6.45, 7) is 1.84. The number of pyridine rings is 1. The van der Waals surface area contributed by atoms with Crippen molar-refractivity contribution in [3.8, 4) is 0 Å². The number of halogens is 1. The minimum Gasteiger partial charge on any atom is -0.478 e. The average Bonchev–Trinajstić information content (AvgIpc) is 2.20. The van der Waals surface area contributed by atoms with E-state index < -0.39 is 5.97 Å². The van der Waals surface area contributed by atoms with E-state index in [-0.39, 0.29) is 17.4 Å². The van der Waals surface area contributed by atoms with E-state index in [0.717, 1.165) is 0 Å². The topological polar surface area (TPSA) is 70.4 Å². The van der Waals surface area contributed by atoms with Crippen LogP contribution >= 0.6 is 23.4 Å². The summed E-state index contributed by atoms with van der Waals surface area (Å²) in [4.78, 5) is 14.5. The van der Waals surface area contributed by atoms with Gasteiger partial charge in [-0.15, -0.1) is 0 Å². The number of carbonyl (C=O) groups is 1. The second kappa shape index (κ2) is 5.34. The third-order valence-corrected chi connectivity index (χ3v) is 3.12. The van der Waals surface area contributed by atoms with Crippen LogP contribution in [0.2, 0.25) is 5.02 Å². The fourth-order valence-corrected chi connectivity index (χ4v) is 1.90. The molecular weight excluding hydrogens is 238 g/mol. The highest BCUT2D eigenvalue weighted by atomic mass is 35.5. The second-order valence-electron chi connectivity index (χ2n) is 2.93. The quantitative estimate of drug-likeness (QED) is 0.796. The molecule has 0 bridgehead atoms. The van der Waals surface area contributed by atoms with Crippen molar-refractivity contribution >= 4 is 29.3 Å². The summed E-state index contributed by atoms with van der Waals surface area (Å²) in [7, 11) is 0. The van der Waals surface area contributed by atoms with E-state index in [0.29, 0.717) is 10.0 Å². The normalized spacial score (nSPS) is 12.5. The van der Waals surface area contributed by atoms with Crippen LogP contribution in [-0.4, -0.2) is 33.0 Å². The zero-order valence-corrected chi connectivity index (χ0v) is 9.55. The molecule has 2 N–H and O–H groups in total. The molecular formula is C9H10ClNO3S. The van der Waals surface area contributed by atoms with Crippen molar-refractivity contribution in [3.63, 3.8) is 0 Å². The van der Waals surface area contributed by atoms with Crippen LogP contribution in [0.25, 0.3) is 0 Å². The van der Waals surface area contributed by atoms with E-state index in [1.807, 2.05) is 6.92 Å². The van der Waals surface area contributed by atoms with E-state index in [4.69, 9.17) is 21.8 Å². The molecule has 1 aromatic heterocycles. The SMILES string of the molecule is CC(CO)Sc1ncc(C(=O)O)cc1Cl. The first-order valence-corrected chi connectivity index (χ1v) is 5.46. The molecule has 1 atom stereocenters. The molecule has 1 heterocycles. The third kappa shape index (κ3) is 3.37. The van der Waals surface area contributed by atoms with Gasteiger partial charge in [0.2, 0.25) is 0 Å². The van der Waals surface area contributed by atoms with Gasteiger partial charge in [-0.2, -0.15) is 0 Å². The molecule has 0 spiro atoms. The number of aliphatic hydroxyl groups is 1. The first-order chi connectivity index (χ1) is 7.04. The number of carboxylic acids is 1. The molecule has 0 saturated heterocycles. The summed E-state index contributed by atoms with van der Waals surface area (Å²) in [6.07, 6.45) is 1.25. The standard InChI is InChI=1S/C9H10ClNO3S/c1-5(4-12)15-8-7(10)2-6(3-11-8)9(13)14/h2-3,5,12H,4H2,1H3,(H,13,14). The minimum atomic E-state index is -1.06. The molecule has 15 heavy (non-hydrogen) atoms. The summed E-state index contributed by atoms with van der Waals surface area (Å²) < 4.78 is 0. The van der Waals surface area contributed by atoms with E-state index >= 15 is 0 Å². The molecule has 1 aromatic rings. The maximum atomic E-state index is 10.6. The van der Waals surface area contributed by atoms with Crippen LogP contribution in [0.5, 0.6) is 0 Å². The molecule has 4 nitrogen and oxygen atoms in total. The minimum absolute atomic E-state index is 0.0172. The molecule has 0 aliphatic carbocycles. The maximum absolute atomic E-state index is 10.6. The first-order valence-electron chi connectivity index (χ1n) is 4.21. The summed E-state index contributed by atoms with van der Waals surface area (Å²) in [5.74, 6) is -1.06. The summed E-state index contributed by atoms with van der Waals surface area (Å²) >= 11 is 7.15. The number of aromatic nitrogens is 1. The van der Waals surface area contributed by atoms with Crippen molar-refractivity contribution in [3.05, 3.63) is 22.8 Å². The number of aromatic carboxylic acids is 1. The molecule has 0 radical (unpaired) electrons. The fraction of sp³-hybridized carbons (Fsp3) is 0.333. The molecule has 6 heteroatoms. The van der Waals surface area contributed by atoms with Gasteiger partial charge in [0.25, 0.3) is 0 Å². The Kier molecular flexibility index (Phi) is 4.38. The van der Waals surface area contributed by atoms with Gasteiger partial charge in [0.15, 0.2) is 0 Å². The van der Waals surface area contributed by atoms with Gasteiger partial charge in [0.05, 0.1) is 17.2 Å². The fourth-order valence-electron chi connectivity index (χ4n) is 0.857. The highest BCUT2D eigenvalue weighted by molar-refractivity contribution is 8.00. The number of nitrogens with zero attached hydrogens (tertiary/aromatic N) is 1. The molecule has 0 aliphatic rings. The largest absolute Gasteiger partial charge is 0.478 e. The van der Waals surface area contributed by atoms with Crippen molar-refractivity contribution in [1.29, 1.82) is 0 Å². The Morgan fingerprint density at radius 3 is 2.87 bits per heavy atom. The van der Waals surface area contributed by atoms with Crippen LogP contribution in [0.4, 0.5) is 0 Å². The van der Waals surface area contributed by atoms with Gasteiger partial charge in [-0.05, 0) is 6.07 Å². The van der Waals surface area contributed by atoms with Gasteiger partial charge in [-0.3, -0.25) is 0 Å². The second-order valence-corrected chi connectivity index (χ2v) is 4.76. The van der Waals surface area contributed by atoms with Gasteiger partial charge < -0.3 is 10.2 Å². The van der Waals surface area contributed by atoms with Crippen LogP contribution in [0.1, 0.15) is 17.3 Å². The number of hydrogen-bond acceptors (Lipinski definition) is 4. The third-order valence-electron chi connectivity index (χ3n) is 1.62. The Balaban J connectivity index is 2.88. The van der Waals surface area contributed by atoms with Gasteiger partial charge in [0, 0.05) is 11.4 Å². The smallest absolute Gasteiger partial charge is 0.337 e. The van der Waals surface area contributed by atoms with Crippen molar-refractivity contribution in [2.75, 3.05) is 6.61 Å². The molecule has 0 fully saturated rings. The lowest BCUT2D eigenvalue weighted by atomic mass is 10.3. The van der Waals surface area contributed by atoms with E-state index in [9.17, 15) is 4.79 Å². The molecule has 0 amide bonds. The lowest BCUT2D eigenvalue weighted by molar-refractivity contribution is 0.0696. The number of carboxylic acid groups (broad SMARTS) is 1. The highest BCUT2D eigenvalue weighted by Gasteiger charge is 2.11. The van der Waals surface area contributed by atoms with E-state index in [1.54, 1.807) is 0 Å². The molecule has 0 aliphatic heterocycles. The van der Waals surface area contributed by atoms with Crippen LogP contribution in [0.3, 0.4) is 0 Å². The predicted octanol–water partition coefficient (Wildman–Crippen LogP) is 1.91. The van der Waals surface area contributed by atoms with Crippen molar-refractivity contribution in [2.45, 2.75) is 17.2 Å². The van der Waals surface area contributed by atoms with Crippen LogP contribution < -0.4 is 0 Å². The number of aliphatic hydroxyl groups excluding tert-OH is 1. The zero-order chi connectivity index (χ0) is 11.4. The molecule has 0 aromatic carbocycles. The van der Waals surface area contributed by atoms with Gasteiger partial charge in [-0.1, -0.05) is 30.3 Å². The van der Waals surface area contributed by atoms with Crippen molar-refractivity contribution < 1.29 is 15.0 Å². The number of hydrogen-bond donors (Lipinski definition) is 2. The van der Waals surface area contributed by atoms with Crippen molar-refractivity contribution in [1.82, 2.24) is 4.98 Å². The lowest BCUT2D eigenvalue weighted by Crippen LogP contribution is -2.03. The Morgan fingerprint density at radius 1 is 1.73 bits per heavy atom. The Labute approximate surface area is 96.3 Å². The maximum Gasteiger partial charge on any atom is 0.337 e. The first kappa shape index (κ1) is 12.3. The molecule has 1 rings (SSSR count). The Hall–Kier alpha value is -0.780. The predicted molar refractivity (Wildman–Crippen MR) is 58.6 cm³/mol. The number of rotatable bonds is 4. The van der Waals surface area contributed by atoms with Gasteiger partial charge >= 0.3 is 5.97 Å². The number of thioether (sulfide) groups is 1. The van der Waals surface area contributed by atoms with Gasteiger partial charge in [0.1, 0.15) is 5.03 Å². The summed E-state index contributed by atoms with van der Waals surface area (Å²) in [5.41, 5.74) is 0.0565.